The lowest BCUT2D eigenvalue weighted by Gasteiger charge is -2.13. The molecule has 1 amide bonds. The fraction of sp³-hybridized carbons (Fsp3) is 0.158. The van der Waals surface area contributed by atoms with Gasteiger partial charge >= 0.3 is 0 Å². The maximum absolute atomic E-state index is 13.0. The third-order valence-electron chi connectivity index (χ3n) is 3.76. The molecule has 4 N–H and O–H groups in total. The molecule has 0 spiro atoms. The standard InChI is InChI=1S/C19H18ClFN6OS/c1-11(17(28)24-15-5-3-2-4-14(15)20)29-10-16-25-18(22)27-19(26-16)23-13-8-6-12(21)7-9-13/h2-9,11H,10H2,1H3,(H,24,28)(H3,22,23,25,26,27). The number of nitrogens with one attached hydrogen (secondary N) is 2. The first kappa shape index (κ1) is 20.8. The van der Waals surface area contributed by atoms with Gasteiger partial charge in [-0.15, -0.1) is 11.8 Å². The van der Waals surface area contributed by atoms with E-state index >= 15 is 0 Å². The molecule has 150 valence electrons. The van der Waals surface area contributed by atoms with E-state index in [1.807, 2.05) is 0 Å². The SMILES string of the molecule is CC(SCc1nc(N)nc(Nc2ccc(F)cc2)n1)C(=O)Nc1ccccc1Cl. The summed E-state index contributed by atoms with van der Waals surface area (Å²) >= 11 is 7.41. The second-order valence-electron chi connectivity index (χ2n) is 5.99. The molecular weight excluding hydrogens is 415 g/mol. The molecule has 29 heavy (non-hydrogen) atoms. The number of thioether (sulfide) groups is 1. The number of benzene rings is 2. The molecule has 0 aliphatic rings. The Kier molecular flexibility index (Phi) is 6.84. The number of hydrogen-bond acceptors (Lipinski definition) is 7. The van der Waals surface area contributed by atoms with E-state index in [0.29, 0.717) is 28.0 Å². The zero-order valence-corrected chi connectivity index (χ0v) is 17.0. The Morgan fingerprint density at radius 2 is 1.90 bits per heavy atom. The number of rotatable bonds is 7. The predicted molar refractivity (Wildman–Crippen MR) is 115 cm³/mol. The van der Waals surface area contributed by atoms with E-state index < -0.39 is 0 Å². The molecule has 10 heteroatoms. The van der Waals surface area contributed by atoms with Gasteiger partial charge in [0.2, 0.25) is 17.8 Å². The van der Waals surface area contributed by atoms with Crippen molar-refractivity contribution >= 4 is 52.5 Å². The average molecular weight is 433 g/mol. The molecule has 2 aromatic carbocycles. The number of carbonyl (C=O) groups excluding carboxylic acids is 1. The van der Waals surface area contributed by atoms with Gasteiger partial charge in [0, 0.05) is 5.69 Å². The number of anilines is 4. The summed E-state index contributed by atoms with van der Waals surface area (Å²) in [5.41, 5.74) is 6.93. The topological polar surface area (TPSA) is 106 Å². The van der Waals surface area contributed by atoms with E-state index in [0.717, 1.165) is 0 Å². The maximum Gasteiger partial charge on any atom is 0.237 e. The minimum Gasteiger partial charge on any atom is -0.368 e. The van der Waals surface area contributed by atoms with Gasteiger partial charge in [0.05, 0.1) is 21.7 Å². The van der Waals surface area contributed by atoms with Crippen molar-refractivity contribution in [3.8, 4) is 0 Å². The molecule has 1 heterocycles. The highest BCUT2D eigenvalue weighted by Gasteiger charge is 2.16. The molecule has 0 saturated heterocycles. The predicted octanol–water partition coefficient (Wildman–Crippen LogP) is 4.25. The quantitative estimate of drug-likeness (QED) is 0.512. The van der Waals surface area contributed by atoms with Crippen molar-refractivity contribution in [1.29, 1.82) is 0 Å². The van der Waals surface area contributed by atoms with Crippen molar-refractivity contribution in [1.82, 2.24) is 15.0 Å². The summed E-state index contributed by atoms with van der Waals surface area (Å²) in [4.78, 5) is 24.8. The largest absolute Gasteiger partial charge is 0.368 e. The molecule has 0 bridgehead atoms. The van der Waals surface area contributed by atoms with Crippen molar-refractivity contribution in [2.45, 2.75) is 17.9 Å². The number of nitrogens with zero attached hydrogens (tertiary/aromatic N) is 3. The second-order valence-corrected chi connectivity index (χ2v) is 7.72. The van der Waals surface area contributed by atoms with Gasteiger partial charge in [-0.1, -0.05) is 23.7 Å². The van der Waals surface area contributed by atoms with Crippen LogP contribution in [0.25, 0.3) is 0 Å². The van der Waals surface area contributed by atoms with Crippen LogP contribution < -0.4 is 16.4 Å². The van der Waals surface area contributed by atoms with E-state index in [2.05, 4.69) is 25.6 Å². The van der Waals surface area contributed by atoms with E-state index in [-0.39, 0.29) is 28.9 Å². The number of amides is 1. The molecule has 0 saturated carbocycles. The molecular formula is C19H18ClFN6OS. The molecule has 0 fully saturated rings. The number of carbonyl (C=O) groups is 1. The molecule has 0 radical (unpaired) electrons. The highest BCUT2D eigenvalue weighted by molar-refractivity contribution is 7.99. The minimum absolute atomic E-state index is 0.0494. The van der Waals surface area contributed by atoms with Crippen LogP contribution in [-0.4, -0.2) is 26.1 Å². The third-order valence-corrected chi connectivity index (χ3v) is 5.23. The lowest BCUT2D eigenvalue weighted by molar-refractivity contribution is -0.115. The van der Waals surface area contributed by atoms with Crippen LogP contribution in [0.5, 0.6) is 0 Å². The Balaban J connectivity index is 1.61. The van der Waals surface area contributed by atoms with Crippen LogP contribution in [0.1, 0.15) is 12.7 Å². The van der Waals surface area contributed by atoms with Gasteiger partial charge in [-0.2, -0.15) is 15.0 Å². The van der Waals surface area contributed by atoms with Crippen LogP contribution >= 0.6 is 23.4 Å². The van der Waals surface area contributed by atoms with Gasteiger partial charge in [0.1, 0.15) is 11.6 Å². The zero-order chi connectivity index (χ0) is 20.8. The summed E-state index contributed by atoms with van der Waals surface area (Å²) in [7, 11) is 0. The highest BCUT2D eigenvalue weighted by Crippen LogP contribution is 2.23. The number of nitrogens with two attached hydrogens (primary N) is 1. The fourth-order valence-electron chi connectivity index (χ4n) is 2.29. The fourth-order valence-corrected chi connectivity index (χ4v) is 3.21. The van der Waals surface area contributed by atoms with Gasteiger partial charge in [-0.25, -0.2) is 4.39 Å². The summed E-state index contributed by atoms with van der Waals surface area (Å²) in [5.74, 6) is 0.537. The second kappa shape index (κ2) is 9.53. The highest BCUT2D eigenvalue weighted by atomic mass is 35.5. The van der Waals surface area contributed by atoms with Crippen molar-refractivity contribution < 1.29 is 9.18 Å². The van der Waals surface area contributed by atoms with Crippen molar-refractivity contribution in [2.24, 2.45) is 0 Å². The number of para-hydroxylation sites is 1. The van der Waals surface area contributed by atoms with Gasteiger partial charge in [0.15, 0.2) is 0 Å². The van der Waals surface area contributed by atoms with Gasteiger partial charge in [0.25, 0.3) is 0 Å². The molecule has 0 aliphatic heterocycles. The first-order chi connectivity index (χ1) is 13.9. The Morgan fingerprint density at radius 3 is 2.62 bits per heavy atom. The maximum atomic E-state index is 13.0. The summed E-state index contributed by atoms with van der Waals surface area (Å²) < 4.78 is 13.0. The normalized spacial score (nSPS) is 11.7. The lowest BCUT2D eigenvalue weighted by Crippen LogP contribution is -2.23. The van der Waals surface area contributed by atoms with Crippen LogP contribution in [0, 0.1) is 5.82 Å². The van der Waals surface area contributed by atoms with Crippen LogP contribution in [0.15, 0.2) is 48.5 Å². The molecule has 1 aromatic heterocycles. The molecule has 1 atom stereocenters. The van der Waals surface area contributed by atoms with Crippen molar-refractivity contribution in [3.05, 3.63) is 65.2 Å². The number of halogens is 2. The third kappa shape index (κ3) is 6.03. The van der Waals surface area contributed by atoms with Crippen LogP contribution in [-0.2, 0) is 10.5 Å². The minimum atomic E-state index is -0.377. The van der Waals surface area contributed by atoms with Crippen LogP contribution in [0.2, 0.25) is 5.02 Å². The summed E-state index contributed by atoms with van der Waals surface area (Å²) in [6, 6.07) is 12.8. The molecule has 3 aromatic rings. The molecule has 3 rings (SSSR count). The van der Waals surface area contributed by atoms with E-state index in [4.69, 9.17) is 17.3 Å². The van der Waals surface area contributed by atoms with E-state index in [9.17, 15) is 9.18 Å². The smallest absolute Gasteiger partial charge is 0.237 e. The van der Waals surface area contributed by atoms with Gasteiger partial charge < -0.3 is 16.4 Å². The summed E-state index contributed by atoms with van der Waals surface area (Å²) in [6.45, 7) is 1.78. The Labute approximate surface area is 176 Å². The Hall–Kier alpha value is -2.91. The van der Waals surface area contributed by atoms with E-state index in [1.165, 1.54) is 23.9 Å². The van der Waals surface area contributed by atoms with Gasteiger partial charge in [-0.3, -0.25) is 4.79 Å². The average Bonchev–Trinajstić information content (AvgIpc) is 2.69. The lowest BCUT2D eigenvalue weighted by atomic mass is 10.3. The van der Waals surface area contributed by atoms with Crippen molar-refractivity contribution in [2.75, 3.05) is 16.4 Å². The van der Waals surface area contributed by atoms with Crippen molar-refractivity contribution in [3.63, 3.8) is 0 Å². The first-order valence-corrected chi connectivity index (χ1v) is 10.0. The summed E-state index contributed by atoms with van der Waals surface area (Å²) in [6.07, 6.45) is 0. The number of nitrogen functional groups attached to an aromatic ring is 1. The van der Waals surface area contributed by atoms with E-state index in [1.54, 1.807) is 43.3 Å². The Bertz CT molecular complexity index is 1000. The van der Waals surface area contributed by atoms with Crippen LogP contribution in [0.4, 0.5) is 27.7 Å². The zero-order valence-electron chi connectivity index (χ0n) is 15.4. The molecule has 7 nitrogen and oxygen atoms in total. The number of hydrogen-bond donors (Lipinski definition) is 3. The Morgan fingerprint density at radius 1 is 1.17 bits per heavy atom. The summed E-state index contributed by atoms with van der Waals surface area (Å²) in [5, 5.41) is 5.84. The van der Waals surface area contributed by atoms with Gasteiger partial charge in [-0.05, 0) is 43.3 Å². The first-order valence-electron chi connectivity index (χ1n) is 8.61. The number of aromatic nitrogens is 3. The van der Waals surface area contributed by atoms with Crippen LogP contribution in [0.3, 0.4) is 0 Å². The monoisotopic (exact) mass is 432 g/mol. The molecule has 0 aliphatic carbocycles. The molecule has 1 unspecified atom stereocenters.